The standard InChI is InChI=1S/C14H16N2O.C12H19N.C11H23N.C10H16N2O.C10H17N.2C10H21N.C9H14N2O.C9H15N.C9H19N.C8H12N2O.7C2H6/c1-11(2)8-13(9-15)14(17)16-10-12-6-4-3-5-7-12;1-10(2)11(3)13-9-12-7-5-4-6-8-12;1-8(2)10-6-4-5-7-11(10)9(3)12;1-4-5-12-10(13)9(7-11)6-8(2)3;1-8(2)9-5-4-6-10(9,3)7-11;1-8(2)9-6-4-5-7-10(9,3)11;1-7(2)9-5-4-6-10(9)8(3)11;1-4-11-9(12)8(6-10)5-7(2)3;1-7(2)8-4-5-9(8,3)6-10;1-6(2)8-4-5-9(8)7(3)10;1-6(2)4-7(5-9)8(11)10-3;7*1-2/h3-8,11H,10H2,1-2H3,(H,16,17);4-8,10-11,13H,9H2,1-3H3;8-11H,4-7,12H2,1-3H3;6,8H,4-5H2,1-3H3,(H,12,13);8-9H,4-6H2,1-3H3;8-9H,4-7,11H2,1-3H3;7-10H,4-6,11H2,1-3H3;5,7H,4H2,1-3H3,(H,11,12);7-8H,4-5H2,1-3H3;6-9H,4-5,10H2,1-3H3;4,6H,1-3H3,(H,10,11);7*1-2H3/b13-8-;;;9-6-;;;;8-5-;;;7-4-;;;;;;;. The normalized spacial score (nSPS) is 21.9. The molecule has 0 heterocycles. The Bertz CT molecular complexity index is 3800. The van der Waals surface area contributed by atoms with Gasteiger partial charge in [0.05, 0.1) is 23.0 Å². The number of amides is 4. The molecular formula is C126H235N15O4. The molecule has 838 valence electrons. The molecule has 6 aliphatic carbocycles. The lowest BCUT2D eigenvalue weighted by Gasteiger charge is -2.44. The van der Waals surface area contributed by atoms with Crippen LogP contribution in [-0.2, 0) is 32.3 Å². The maximum atomic E-state index is 11.7. The van der Waals surface area contributed by atoms with Crippen molar-refractivity contribution in [3.05, 3.63) is 118 Å². The van der Waals surface area contributed by atoms with Crippen molar-refractivity contribution in [2.45, 2.75) is 476 Å². The highest BCUT2D eigenvalue weighted by molar-refractivity contribution is 5.98. The fourth-order valence-electron chi connectivity index (χ4n) is 18.7. The van der Waals surface area contributed by atoms with E-state index in [0.717, 1.165) is 96.5 Å². The van der Waals surface area contributed by atoms with E-state index in [0.29, 0.717) is 73.4 Å². The van der Waals surface area contributed by atoms with Gasteiger partial charge in [0, 0.05) is 62.9 Å². The van der Waals surface area contributed by atoms with Crippen LogP contribution in [0, 0.1) is 197 Å². The average Bonchev–Trinajstić information content (AvgIpc) is 1.47. The minimum absolute atomic E-state index is 0.00810. The monoisotopic (exact) mass is 2020 g/mol. The summed E-state index contributed by atoms with van der Waals surface area (Å²) in [6, 6.07) is 34.3. The Kier molecular flexibility index (Phi) is 105. The molecule has 4 amide bonds. The van der Waals surface area contributed by atoms with Crippen molar-refractivity contribution >= 4 is 23.6 Å². The number of nitrogens with one attached hydrogen (secondary N) is 5. The molecule has 19 heteroatoms. The molecule has 0 saturated heterocycles. The van der Waals surface area contributed by atoms with Crippen LogP contribution in [0.3, 0.4) is 0 Å². The van der Waals surface area contributed by atoms with Crippen molar-refractivity contribution in [2.24, 2.45) is 152 Å². The van der Waals surface area contributed by atoms with Gasteiger partial charge < -0.3 is 49.5 Å². The molecular weight excluding hydrogens is 1790 g/mol. The van der Waals surface area contributed by atoms with E-state index in [9.17, 15) is 19.2 Å². The van der Waals surface area contributed by atoms with Crippen LogP contribution in [0.15, 0.2) is 107 Å². The first-order valence-corrected chi connectivity index (χ1v) is 57.5. The van der Waals surface area contributed by atoms with Crippen molar-refractivity contribution in [3.8, 4) is 36.4 Å². The Hall–Kier alpha value is -7.98. The molecule has 0 radical (unpaired) electrons. The maximum Gasteiger partial charge on any atom is 0.261 e. The van der Waals surface area contributed by atoms with Gasteiger partial charge in [0.15, 0.2) is 0 Å². The molecule has 0 spiro atoms. The molecule has 0 aromatic heterocycles. The molecule has 2 aromatic carbocycles. The third-order valence-electron chi connectivity index (χ3n) is 26.9. The minimum atomic E-state index is -0.318. The molecule has 6 fully saturated rings. The van der Waals surface area contributed by atoms with E-state index in [-0.39, 0.29) is 86.0 Å². The lowest BCUT2D eigenvalue weighted by molar-refractivity contribution is -0.118. The number of allylic oxidation sites excluding steroid dienone is 4. The van der Waals surface area contributed by atoms with Crippen LogP contribution in [0.25, 0.3) is 0 Å². The van der Waals surface area contributed by atoms with Crippen LogP contribution in [0.5, 0.6) is 0 Å². The van der Waals surface area contributed by atoms with Crippen molar-refractivity contribution in [3.63, 3.8) is 0 Å². The summed E-state index contributed by atoms with van der Waals surface area (Å²) >= 11 is 0. The van der Waals surface area contributed by atoms with Gasteiger partial charge in [-0.25, -0.2) is 0 Å². The highest BCUT2D eigenvalue weighted by Gasteiger charge is 2.45. The molecule has 16 unspecified atom stereocenters. The lowest BCUT2D eigenvalue weighted by atomic mass is 9.58. The van der Waals surface area contributed by atoms with E-state index >= 15 is 0 Å². The Balaban J connectivity index is -0.000000171. The Morgan fingerprint density at radius 3 is 0.903 bits per heavy atom. The number of nitrogens with two attached hydrogens (primary N) is 4. The summed E-state index contributed by atoms with van der Waals surface area (Å²) in [4.78, 5) is 44.9. The van der Waals surface area contributed by atoms with Crippen LogP contribution < -0.4 is 49.5 Å². The smallest absolute Gasteiger partial charge is 0.261 e. The second-order valence-electron chi connectivity index (χ2n) is 42.4. The molecule has 16 atom stereocenters. The number of hydrogen-bond donors (Lipinski definition) is 9. The van der Waals surface area contributed by atoms with Crippen LogP contribution in [0.2, 0.25) is 0 Å². The van der Waals surface area contributed by atoms with Crippen LogP contribution in [-0.4, -0.2) is 73.5 Å². The number of nitrogens with zero attached hydrogens (tertiary/aromatic N) is 6. The summed E-state index contributed by atoms with van der Waals surface area (Å²) in [5.41, 5.74) is 27.2. The van der Waals surface area contributed by atoms with Gasteiger partial charge in [0.25, 0.3) is 23.6 Å². The molecule has 13 N–H and O–H groups in total. The van der Waals surface area contributed by atoms with Gasteiger partial charge >= 0.3 is 0 Å². The van der Waals surface area contributed by atoms with Crippen LogP contribution in [0.1, 0.15) is 445 Å². The van der Waals surface area contributed by atoms with Crippen molar-refractivity contribution < 1.29 is 19.2 Å². The predicted molar refractivity (Wildman–Crippen MR) is 630 cm³/mol. The largest absolute Gasteiger partial charge is 0.354 e. The molecule has 0 bridgehead atoms. The fourth-order valence-corrected chi connectivity index (χ4v) is 18.7. The zero-order valence-corrected chi connectivity index (χ0v) is 103. The number of nitriles is 6. The number of carbonyl (C=O) groups excluding carboxylic acids is 4. The fraction of sp³-hybridized carbons (Fsp3) is 0.762. The lowest BCUT2D eigenvalue weighted by Crippen LogP contribution is -2.48. The molecule has 6 saturated carbocycles. The highest BCUT2D eigenvalue weighted by Crippen LogP contribution is 2.50. The number of benzene rings is 2. The molecule has 2 aromatic rings. The predicted octanol–water partition coefficient (Wildman–Crippen LogP) is 31.4. The first-order valence-electron chi connectivity index (χ1n) is 57.5. The van der Waals surface area contributed by atoms with E-state index in [2.05, 4.69) is 214 Å². The van der Waals surface area contributed by atoms with Gasteiger partial charge in [0.1, 0.15) is 46.6 Å². The van der Waals surface area contributed by atoms with E-state index in [4.69, 9.17) is 54.5 Å². The minimum Gasteiger partial charge on any atom is -0.354 e. The Morgan fingerprint density at radius 2 is 0.648 bits per heavy atom. The summed E-state index contributed by atoms with van der Waals surface area (Å²) in [5, 5.41) is 66.3. The molecule has 6 aliphatic rings. The van der Waals surface area contributed by atoms with Gasteiger partial charge in [-0.05, 0) is 268 Å². The third kappa shape index (κ3) is 73.7. The first-order chi connectivity index (χ1) is 68.3. The number of likely N-dealkylation sites (N-methyl/N-ethyl adjacent to an activating group) is 2. The number of hydrogen-bond acceptors (Lipinski definition) is 15. The van der Waals surface area contributed by atoms with Gasteiger partial charge in [-0.2, -0.15) is 31.6 Å². The van der Waals surface area contributed by atoms with Crippen molar-refractivity contribution in [1.82, 2.24) is 26.6 Å². The second kappa shape index (κ2) is 96.8. The molecule has 0 aliphatic heterocycles. The summed E-state index contributed by atoms with van der Waals surface area (Å²) < 4.78 is 0. The van der Waals surface area contributed by atoms with Crippen molar-refractivity contribution in [1.29, 1.82) is 31.6 Å². The SMILES string of the molecule is CC.CC.CC.CC.CC.CC.CC.CC(C)/C=C(/C#N)C(=O)NCc1ccccc1.CC(C)C(C)NCc1ccccc1.CC(C)C1CCC1(C)C#N.CC(C)C1CCC1C(C)N.CC(C)C1CCCC1(C)C#N.CC(C)C1CCCC1C(C)N.CC(C)C1CCCCC1(C)N.CC(C)C1CCCCC1C(C)N.CCCNC(=O)/C(C#N)=C\C(C)C.CCNC(=O)/C(C#N)=C\C(C)C.CNC(=O)/C(C#N)=C\C(C)C. The molecule has 145 heavy (non-hydrogen) atoms. The van der Waals surface area contributed by atoms with E-state index in [1.165, 1.54) is 115 Å². The first kappa shape index (κ1) is 157. The van der Waals surface area contributed by atoms with Gasteiger partial charge in [-0.15, -0.1) is 0 Å². The van der Waals surface area contributed by atoms with Gasteiger partial charge in [-0.3, -0.25) is 19.2 Å². The van der Waals surface area contributed by atoms with Gasteiger partial charge in [0.2, 0.25) is 0 Å². The maximum absolute atomic E-state index is 11.7. The zero-order chi connectivity index (χ0) is 115. The average molecular weight is 2020 g/mol. The zero-order valence-electron chi connectivity index (χ0n) is 103. The Labute approximate surface area is 899 Å². The van der Waals surface area contributed by atoms with Crippen LogP contribution in [0.4, 0.5) is 0 Å². The van der Waals surface area contributed by atoms with Gasteiger partial charge in [-0.1, -0.05) is 380 Å². The summed E-state index contributed by atoms with van der Waals surface area (Å²) in [6.45, 7) is 96.8. The van der Waals surface area contributed by atoms with E-state index in [1.54, 1.807) is 24.3 Å². The second-order valence-corrected chi connectivity index (χ2v) is 42.4. The van der Waals surface area contributed by atoms with E-state index in [1.807, 2.05) is 221 Å². The Morgan fingerprint density at radius 1 is 0.352 bits per heavy atom. The summed E-state index contributed by atoms with van der Waals surface area (Å²) in [7, 11) is 1.51. The number of carbonyl (C=O) groups is 4. The van der Waals surface area contributed by atoms with Crippen LogP contribution >= 0.6 is 0 Å². The topological polar surface area (TPSA) is 375 Å². The molecule has 19 nitrogen and oxygen atoms in total. The molecule has 8 rings (SSSR count). The van der Waals surface area contributed by atoms with E-state index < -0.39 is 0 Å². The highest BCUT2D eigenvalue weighted by atomic mass is 16.2. The summed E-state index contributed by atoms with van der Waals surface area (Å²) in [5.74, 6) is 12.1. The third-order valence-corrected chi connectivity index (χ3v) is 26.9. The van der Waals surface area contributed by atoms with Crippen molar-refractivity contribution in [2.75, 3.05) is 20.1 Å². The number of rotatable bonds is 26. The summed E-state index contributed by atoms with van der Waals surface area (Å²) in [6.07, 6.45) is 31.3. The quantitative estimate of drug-likeness (QED) is 0.0312.